The zero-order valence-corrected chi connectivity index (χ0v) is 24.6. The number of ether oxygens (including phenoxy) is 1. The van der Waals surface area contributed by atoms with Crippen LogP contribution in [-0.2, 0) is 28.9 Å². The molecular weight excluding hydrogens is 542 g/mol. The van der Waals surface area contributed by atoms with Crippen molar-refractivity contribution in [3.8, 4) is 0 Å². The topological polar surface area (TPSA) is 89.4 Å². The Balaban J connectivity index is 1.23. The molecule has 0 spiro atoms. The fourth-order valence-electron chi connectivity index (χ4n) is 5.01. The number of amides is 2. The quantitative estimate of drug-likeness (QED) is 0.175. The fourth-order valence-corrected chi connectivity index (χ4v) is 7.19. The molecule has 208 valence electrons. The molecule has 1 aliphatic carbocycles. The highest BCUT2D eigenvalue weighted by Crippen LogP contribution is 2.40. The zero-order chi connectivity index (χ0) is 28.2. The second kappa shape index (κ2) is 12.3. The van der Waals surface area contributed by atoms with Crippen LogP contribution in [0.4, 0.5) is 5.00 Å². The first-order chi connectivity index (χ1) is 19.4. The first-order valence-electron chi connectivity index (χ1n) is 13.5. The largest absolute Gasteiger partial charge is 0.462 e. The monoisotopic (exact) mass is 575 g/mol. The summed E-state index contributed by atoms with van der Waals surface area (Å²) >= 11 is 2.95. The van der Waals surface area contributed by atoms with Crippen molar-refractivity contribution in [2.75, 3.05) is 24.2 Å². The van der Waals surface area contributed by atoms with Crippen molar-refractivity contribution in [2.45, 2.75) is 51.5 Å². The first-order valence-corrected chi connectivity index (χ1v) is 15.3. The van der Waals surface area contributed by atoms with Crippen LogP contribution in [-0.4, -0.2) is 41.3 Å². The van der Waals surface area contributed by atoms with Gasteiger partial charge < -0.3 is 19.9 Å². The number of anilines is 1. The summed E-state index contributed by atoms with van der Waals surface area (Å²) in [7, 11) is 0. The third-order valence-corrected chi connectivity index (χ3v) is 9.42. The van der Waals surface area contributed by atoms with Gasteiger partial charge in [-0.15, -0.1) is 23.1 Å². The number of para-hydroxylation sites is 1. The van der Waals surface area contributed by atoms with Crippen molar-refractivity contribution in [3.63, 3.8) is 0 Å². The minimum atomic E-state index is -0.363. The van der Waals surface area contributed by atoms with E-state index in [1.165, 1.54) is 28.0 Å². The van der Waals surface area contributed by atoms with E-state index in [0.29, 0.717) is 35.8 Å². The maximum atomic E-state index is 13.0. The van der Waals surface area contributed by atoms with Gasteiger partial charge >= 0.3 is 5.97 Å². The molecule has 2 amide bonds. The van der Waals surface area contributed by atoms with Crippen LogP contribution in [0.15, 0.2) is 53.6 Å². The average molecular weight is 576 g/mol. The van der Waals surface area contributed by atoms with E-state index in [0.717, 1.165) is 51.8 Å². The molecule has 0 unspecified atom stereocenters. The summed E-state index contributed by atoms with van der Waals surface area (Å²) in [5.74, 6) is -0.402. The van der Waals surface area contributed by atoms with E-state index in [4.69, 9.17) is 4.74 Å². The number of aryl methyl sites for hydroxylation is 3. The predicted molar refractivity (Wildman–Crippen MR) is 162 cm³/mol. The minimum Gasteiger partial charge on any atom is -0.462 e. The van der Waals surface area contributed by atoms with Crippen molar-refractivity contribution in [1.82, 2.24) is 9.88 Å². The van der Waals surface area contributed by atoms with Gasteiger partial charge in [0.2, 0.25) is 5.91 Å². The van der Waals surface area contributed by atoms with Gasteiger partial charge in [-0.2, -0.15) is 0 Å². The molecule has 5 rings (SSSR count). The Labute approximate surface area is 242 Å². The number of carbonyl (C=O) groups excluding carboxylic acids is 3. The van der Waals surface area contributed by atoms with Gasteiger partial charge in [-0.25, -0.2) is 4.79 Å². The summed E-state index contributed by atoms with van der Waals surface area (Å²) in [6.07, 6.45) is 4.84. The number of fused-ring (bicyclic) bond motifs is 2. The summed E-state index contributed by atoms with van der Waals surface area (Å²) in [4.78, 5) is 40.4. The fraction of sp³-hybridized carbons (Fsp3) is 0.323. The minimum absolute atomic E-state index is 0.0902. The predicted octanol–water partition coefficient (Wildman–Crippen LogP) is 6.15. The van der Waals surface area contributed by atoms with E-state index in [9.17, 15) is 14.4 Å². The molecule has 0 bridgehead atoms. The van der Waals surface area contributed by atoms with Crippen LogP contribution < -0.4 is 10.6 Å². The van der Waals surface area contributed by atoms with E-state index in [-0.39, 0.29) is 23.5 Å². The zero-order valence-electron chi connectivity index (χ0n) is 23.0. The van der Waals surface area contributed by atoms with Crippen molar-refractivity contribution in [3.05, 3.63) is 81.4 Å². The molecule has 2 aromatic carbocycles. The summed E-state index contributed by atoms with van der Waals surface area (Å²) in [5.41, 5.74) is 5.51. The van der Waals surface area contributed by atoms with Gasteiger partial charge in [-0.3, -0.25) is 9.59 Å². The second-order valence-electron chi connectivity index (χ2n) is 9.88. The number of thiophene rings is 1. The lowest BCUT2D eigenvalue weighted by Crippen LogP contribution is -2.27. The highest BCUT2D eigenvalue weighted by Gasteiger charge is 2.28. The number of aromatic nitrogens is 1. The molecule has 7 nitrogen and oxygen atoms in total. The van der Waals surface area contributed by atoms with Crippen LogP contribution in [0, 0.1) is 13.8 Å². The molecule has 0 atom stereocenters. The Morgan fingerprint density at radius 2 is 1.90 bits per heavy atom. The lowest BCUT2D eigenvalue weighted by Gasteiger charge is -2.09. The first kappa shape index (κ1) is 28.0. The SMILES string of the molecule is CCOC(=O)c1c(NC(=O)CSc2cn(CCNC(=O)c3ccc(C)c(C)c3)c3ccccc23)sc2c1CCC2. The lowest BCUT2D eigenvalue weighted by atomic mass is 10.1. The molecule has 0 fully saturated rings. The van der Waals surface area contributed by atoms with E-state index < -0.39 is 0 Å². The summed E-state index contributed by atoms with van der Waals surface area (Å²) in [6, 6.07) is 13.8. The lowest BCUT2D eigenvalue weighted by molar-refractivity contribution is -0.113. The molecule has 1 aliphatic rings. The smallest absolute Gasteiger partial charge is 0.341 e. The van der Waals surface area contributed by atoms with Crippen LogP contribution in [0.5, 0.6) is 0 Å². The molecule has 40 heavy (non-hydrogen) atoms. The van der Waals surface area contributed by atoms with Crippen LogP contribution in [0.3, 0.4) is 0 Å². The van der Waals surface area contributed by atoms with Crippen molar-refractivity contribution < 1.29 is 19.1 Å². The van der Waals surface area contributed by atoms with Gasteiger partial charge in [0.15, 0.2) is 0 Å². The number of nitrogens with zero attached hydrogens (tertiary/aromatic N) is 1. The molecule has 0 saturated heterocycles. The molecule has 0 saturated carbocycles. The van der Waals surface area contributed by atoms with Crippen LogP contribution in [0.25, 0.3) is 10.9 Å². The van der Waals surface area contributed by atoms with Crippen molar-refractivity contribution in [2.24, 2.45) is 0 Å². The maximum absolute atomic E-state index is 13.0. The van der Waals surface area contributed by atoms with Crippen molar-refractivity contribution >= 4 is 56.8 Å². The highest BCUT2D eigenvalue weighted by atomic mass is 32.2. The third kappa shape index (κ3) is 5.95. The van der Waals surface area contributed by atoms with Gasteiger partial charge in [-0.1, -0.05) is 24.3 Å². The Bertz CT molecular complexity index is 1590. The number of esters is 1. The molecule has 0 radical (unpaired) electrons. The normalized spacial score (nSPS) is 12.4. The Morgan fingerprint density at radius 3 is 2.70 bits per heavy atom. The van der Waals surface area contributed by atoms with Gasteiger partial charge in [0.25, 0.3) is 5.91 Å². The average Bonchev–Trinajstić information content (AvgIpc) is 3.62. The molecule has 2 aromatic heterocycles. The molecule has 2 heterocycles. The Hall–Kier alpha value is -3.56. The van der Waals surface area contributed by atoms with Crippen LogP contribution in [0.2, 0.25) is 0 Å². The Kier molecular flexibility index (Phi) is 8.61. The number of carbonyl (C=O) groups is 3. The van der Waals surface area contributed by atoms with E-state index in [1.54, 1.807) is 6.92 Å². The van der Waals surface area contributed by atoms with Gasteiger partial charge in [0, 0.05) is 45.5 Å². The number of hydrogen-bond acceptors (Lipinski definition) is 6. The van der Waals surface area contributed by atoms with Gasteiger partial charge in [-0.05, 0) is 74.9 Å². The third-order valence-electron chi connectivity index (χ3n) is 7.17. The number of thioether (sulfide) groups is 1. The second-order valence-corrected chi connectivity index (χ2v) is 12.0. The number of hydrogen-bond donors (Lipinski definition) is 2. The molecule has 9 heteroatoms. The number of nitrogens with one attached hydrogen (secondary N) is 2. The van der Waals surface area contributed by atoms with Crippen molar-refractivity contribution in [1.29, 1.82) is 0 Å². The molecule has 2 N–H and O–H groups in total. The molecular formula is C31H33N3O4S2. The summed E-state index contributed by atoms with van der Waals surface area (Å²) in [6.45, 7) is 7.20. The number of rotatable bonds is 10. The van der Waals surface area contributed by atoms with Crippen LogP contribution >= 0.6 is 23.1 Å². The van der Waals surface area contributed by atoms with Gasteiger partial charge in [0.05, 0.1) is 17.9 Å². The Morgan fingerprint density at radius 1 is 1.07 bits per heavy atom. The molecule has 0 aliphatic heterocycles. The summed E-state index contributed by atoms with van der Waals surface area (Å²) < 4.78 is 7.39. The van der Waals surface area contributed by atoms with Gasteiger partial charge in [0.1, 0.15) is 5.00 Å². The van der Waals surface area contributed by atoms with Crippen LogP contribution in [0.1, 0.15) is 55.6 Å². The number of benzene rings is 2. The van der Waals surface area contributed by atoms with E-state index in [1.807, 2.05) is 62.5 Å². The molecule has 4 aromatic rings. The van der Waals surface area contributed by atoms with E-state index in [2.05, 4.69) is 15.2 Å². The summed E-state index contributed by atoms with van der Waals surface area (Å²) in [5, 5.41) is 7.65. The highest BCUT2D eigenvalue weighted by molar-refractivity contribution is 8.00. The standard InChI is InChI=1S/C31H33N3O4S2/c1-4-38-31(37)28-23-9-7-11-25(23)40-30(28)33-27(35)18-39-26-17-34(24-10-6-5-8-22(24)26)15-14-32-29(36)21-13-12-19(2)20(3)16-21/h5-6,8,10,12-13,16-17H,4,7,9,11,14-15,18H2,1-3H3,(H,32,36)(H,33,35). The van der Waals surface area contributed by atoms with E-state index >= 15 is 0 Å². The maximum Gasteiger partial charge on any atom is 0.341 e.